The number of nitrogens with one attached hydrogen (secondary N) is 4. The van der Waals surface area contributed by atoms with Crippen molar-refractivity contribution in [1.82, 2.24) is 20.5 Å². The molecule has 1 aromatic heterocycles. The first kappa shape index (κ1) is 43.8. The van der Waals surface area contributed by atoms with Crippen LogP contribution < -0.4 is 26.2 Å². The number of aromatic amines is 1. The molecule has 1 aliphatic heterocycles. The predicted molar refractivity (Wildman–Crippen MR) is 241 cm³/mol. The summed E-state index contributed by atoms with van der Waals surface area (Å²) in [7, 11) is -2.23. The number of ether oxygens (including phenoxy) is 2. The van der Waals surface area contributed by atoms with E-state index in [-0.39, 0.29) is 28.7 Å². The van der Waals surface area contributed by atoms with E-state index in [9.17, 15) is 14.4 Å². The fraction of sp³-hybridized carbons (Fsp3) is 0.370. The number of pyridine rings is 1. The largest absolute Gasteiger partial charge is 0.487 e. The van der Waals surface area contributed by atoms with Crippen molar-refractivity contribution in [2.75, 3.05) is 38.0 Å². The van der Waals surface area contributed by atoms with Gasteiger partial charge in [-0.05, 0) is 100.0 Å². The van der Waals surface area contributed by atoms with E-state index in [2.05, 4.69) is 81.7 Å². The molecule has 1 unspecified atom stereocenters. The van der Waals surface area contributed by atoms with Crippen LogP contribution in [0, 0.1) is 0 Å². The summed E-state index contributed by atoms with van der Waals surface area (Å²) in [5.74, 6) is 0.495. The fourth-order valence-corrected chi connectivity index (χ4v) is 8.45. The molecule has 1 saturated heterocycles. The number of amides is 2. The third-order valence-corrected chi connectivity index (χ3v) is 16.4. The van der Waals surface area contributed by atoms with Crippen molar-refractivity contribution in [1.29, 1.82) is 0 Å². The first-order valence-corrected chi connectivity index (χ1v) is 24.0. The molecule has 11 nitrogen and oxygen atoms in total. The molecular formula is C46H56BrN5O6Si. The summed E-state index contributed by atoms with van der Waals surface area (Å²) in [6, 6.07) is 32.4. The number of H-pyrrole nitrogens is 1. The highest BCUT2D eigenvalue weighted by Crippen LogP contribution is 2.41. The number of anilines is 1. The molecule has 0 spiro atoms. The van der Waals surface area contributed by atoms with Crippen LogP contribution in [0.25, 0.3) is 10.9 Å². The molecule has 59 heavy (non-hydrogen) atoms. The van der Waals surface area contributed by atoms with Gasteiger partial charge in [0.05, 0.1) is 17.3 Å². The summed E-state index contributed by atoms with van der Waals surface area (Å²) < 4.78 is 19.8. The maximum absolute atomic E-state index is 13.0. The van der Waals surface area contributed by atoms with E-state index in [1.54, 1.807) is 6.07 Å². The predicted octanol–water partition coefficient (Wildman–Crippen LogP) is 9.17. The van der Waals surface area contributed by atoms with E-state index < -0.39 is 14.4 Å². The van der Waals surface area contributed by atoms with Crippen molar-refractivity contribution in [3.63, 3.8) is 0 Å². The number of piperidine rings is 1. The van der Waals surface area contributed by atoms with Crippen molar-refractivity contribution in [2.45, 2.75) is 77.1 Å². The van der Waals surface area contributed by atoms with E-state index >= 15 is 0 Å². The fourth-order valence-electron chi connectivity index (χ4n) is 6.79. The van der Waals surface area contributed by atoms with Crippen molar-refractivity contribution in [3.05, 3.63) is 140 Å². The van der Waals surface area contributed by atoms with Crippen LogP contribution >= 0.6 is 15.9 Å². The Morgan fingerprint density at radius 1 is 0.898 bits per heavy atom. The molecule has 0 bridgehead atoms. The summed E-state index contributed by atoms with van der Waals surface area (Å²) in [5.41, 5.74) is 4.79. The zero-order valence-electron chi connectivity index (χ0n) is 34.6. The second kappa shape index (κ2) is 20.0. The number of benzene rings is 4. The van der Waals surface area contributed by atoms with Gasteiger partial charge in [-0.15, -0.1) is 0 Å². The molecule has 2 amide bonds. The normalized spacial score (nSPS) is 14.5. The van der Waals surface area contributed by atoms with E-state index in [1.165, 1.54) is 0 Å². The molecule has 1 aliphatic rings. The second-order valence-electron chi connectivity index (χ2n) is 16.5. The third-order valence-electron chi connectivity index (χ3n) is 11.2. The van der Waals surface area contributed by atoms with Gasteiger partial charge in [0.15, 0.2) is 8.32 Å². The van der Waals surface area contributed by atoms with Crippen molar-refractivity contribution >= 4 is 52.8 Å². The monoisotopic (exact) mass is 881 g/mol. The van der Waals surface area contributed by atoms with Crippen LogP contribution in [0.4, 0.5) is 10.5 Å². The molecule has 0 aliphatic carbocycles. The first-order valence-electron chi connectivity index (χ1n) is 20.3. The van der Waals surface area contributed by atoms with Gasteiger partial charge in [0.1, 0.15) is 18.5 Å². The lowest BCUT2D eigenvalue weighted by atomic mass is 10.0. The Kier molecular flexibility index (Phi) is 14.8. The SMILES string of the molecule is CC(C)(C)[Si](C)(C)OC(CNCc1ccc(C(=O)NCCN2CCC(OC(=O)Nc3ccccc3Br)CC2)cc1)c1ccc(OCc2ccccc2)c2[nH]c(=O)ccc12. The van der Waals surface area contributed by atoms with Crippen LogP contribution in [0.5, 0.6) is 5.75 Å². The van der Waals surface area contributed by atoms with Crippen molar-refractivity contribution in [2.24, 2.45) is 0 Å². The lowest BCUT2D eigenvalue weighted by Gasteiger charge is -2.39. The van der Waals surface area contributed by atoms with Crippen LogP contribution in [0.1, 0.15) is 66.8 Å². The Hall–Kier alpha value is -4.79. The zero-order chi connectivity index (χ0) is 42.0. The number of likely N-dealkylation sites (tertiary alicyclic amines) is 1. The average molecular weight is 883 g/mol. The van der Waals surface area contributed by atoms with E-state index in [0.29, 0.717) is 48.8 Å². The summed E-state index contributed by atoms with van der Waals surface area (Å²) in [4.78, 5) is 43.3. The topological polar surface area (TPSA) is 134 Å². The number of aromatic nitrogens is 1. The molecule has 312 valence electrons. The highest BCUT2D eigenvalue weighted by atomic mass is 79.9. The Morgan fingerprint density at radius 2 is 1.61 bits per heavy atom. The summed E-state index contributed by atoms with van der Waals surface area (Å²) >= 11 is 3.44. The quantitative estimate of drug-likeness (QED) is 0.0722. The molecule has 13 heteroatoms. The number of carbonyl (C=O) groups is 2. The number of rotatable bonds is 16. The highest BCUT2D eigenvalue weighted by molar-refractivity contribution is 9.10. The van der Waals surface area contributed by atoms with Crippen LogP contribution in [0.15, 0.2) is 112 Å². The molecule has 4 aromatic carbocycles. The van der Waals surface area contributed by atoms with Crippen LogP contribution in [0.2, 0.25) is 18.1 Å². The lowest BCUT2D eigenvalue weighted by Crippen LogP contribution is -2.43. The molecule has 4 N–H and O–H groups in total. The third kappa shape index (κ3) is 12.1. The van der Waals surface area contributed by atoms with Gasteiger partial charge in [-0.1, -0.05) is 81.4 Å². The van der Waals surface area contributed by atoms with Gasteiger partial charge in [0.25, 0.3) is 5.91 Å². The van der Waals surface area contributed by atoms with Gasteiger partial charge in [-0.2, -0.15) is 0 Å². The Labute approximate surface area is 356 Å². The molecular weight excluding hydrogens is 827 g/mol. The van der Waals surface area contributed by atoms with Gasteiger partial charge >= 0.3 is 6.09 Å². The zero-order valence-corrected chi connectivity index (χ0v) is 37.2. The molecule has 0 radical (unpaired) electrons. The molecule has 6 rings (SSSR count). The molecule has 1 atom stereocenters. The second-order valence-corrected chi connectivity index (χ2v) is 22.2. The minimum Gasteiger partial charge on any atom is -0.487 e. The number of fused-ring (bicyclic) bond motifs is 1. The van der Waals surface area contributed by atoms with Crippen LogP contribution in [-0.4, -0.2) is 69.0 Å². The smallest absolute Gasteiger partial charge is 0.411 e. The maximum Gasteiger partial charge on any atom is 0.411 e. The number of hydrogen-bond acceptors (Lipinski definition) is 8. The van der Waals surface area contributed by atoms with E-state index in [1.807, 2.05) is 91.0 Å². The minimum absolute atomic E-state index is 0.0171. The average Bonchev–Trinajstić information content (AvgIpc) is 3.21. The van der Waals surface area contributed by atoms with Crippen LogP contribution in [-0.2, 0) is 22.3 Å². The maximum atomic E-state index is 13.0. The van der Waals surface area contributed by atoms with Gasteiger partial charge < -0.3 is 34.4 Å². The molecule has 1 fully saturated rings. The Balaban J connectivity index is 1.01. The van der Waals surface area contributed by atoms with Gasteiger partial charge in [0, 0.05) is 60.8 Å². The van der Waals surface area contributed by atoms with E-state index in [4.69, 9.17) is 13.9 Å². The van der Waals surface area contributed by atoms with Crippen molar-refractivity contribution in [3.8, 4) is 5.75 Å². The summed E-state index contributed by atoms with van der Waals surface area (Å²) in [5, 5.41) is 10.3. The Morgan fingerprint density at radius 3 is 2.32 bits per heavy atom. The van der Waals surface area contributed by atoms with E-state index in [0.717, 1.165) is 59.0 Å². The van der Waals surface area contributed by atoms with Gasteiger partial charge in [-0.25, -0.2) is 4.79 Å². The first-order chi connectivity index (χ1) is 28.3. The number of hydrogen-bond donors (Lipinski definition) is 4. The summed E-state index contributed by atoms with van der Waals surface area (Å²) in [6.45, 7) is 15.5. The van der Waals surface area contributed by atoms with Gasteiger partial charge in [0.2, 0.25) is 5.56 Å². The summed E-state index contributed by atoms with van der Waals surface area (Å²) in [6.07, 6.45) is 0.589. The van der Waals surface area contributed by atoms with Gasteiger partial charge in [-0.3, -0.25) is 14.9 Å². The molecule has 2 heterocycles. The van der Waals surface area contributed by atoms with Crippen LogP contribution in [0.3, 0.4) is 0 Å². The number of carbonyl (C=O) groups excluding carboxylic acids is 2. The number of halogens is 1. The number of para-hydroxylation sites is 1. The molecule has 0 saturated carbocycles. The minimum atomic E-state index is -2.23. The highest BCUT2D eigenvalue weighted by Gasteiger charge is 2.40. The molecule has 5 aromatic rings. The lowest BCUT2D eigenvalue weighted by molar-refractivity contribution is 0.0587. The number of nitrogens with zero attached hydrogens (tertiary/aromatic N) is 1. The standard InChI is InChI=1S/C46H56BrN5O6Si/c1-46(2,3)59(4,5)58-41(36-19-21-40(43-37(36)20-22-42(53)51-43)56-31-33-11-7-6-8-12-33)30-48-29-32-15-17-34(18-16-32)44(54)49-25-28-52-26-23-35(24-27-52)57-45(55)50-39-14-10-9-13-38(39)47/h6-22,35,41,48H,23-31H2,1-5H3,(H,49,54)(H,50,55)(H,51,53). The Bertz CT molecular complexity index is 2240. The van der Waals surface area contributed by atoms with Crippen molar-refractivity contribution < 1.29 is 23.5 Å².